The molecule has 0 atom stereocenters. The van der Waals surface area contributed by atoms with E-state index in [0.29, 0.717) is 19.1 Å². The number of carbonyl (C=O) groups is 2. The quantitative estimate of drug-likeness (QED) is 0.793. The van der Waals surface area contributed by atoms with E-state index in [9.17, 15) is 14.0 Å². The van der Waals surface area contributed by atoms with E-state index in [1.807, 2.05) is 4.90 Å². The summed E-state index contributed by atoms with van der Waals surface area (Å²) in [5, 5.41) is 14.8. The van der Waals surface area contributed by atoms with E-state index >= 15 is 0 Å². The predicted molar refractivity (Wildman–Crippen MR) is 109 cm³/mol. The molecule has 3 amide bonds. The minimum absolute atomic E-state index is 0.0255. The minimum atomic E-state index is -0.492. The number of urea groups is 1. The van der Waals surface area contributed by atoms with Gasteiger partial charge in [0.05, 0.1) is 5.69 Å². The molecule has 0 spiro atoms. The van der Waals surface area contributed by atoms with Crippen molar-refractivity contribution in [3.05, 3.63) is 40.1 Å². The van der Waals surface area contributed by atoms with Crippen LogP contribution in [0.1, 0.15) is 59.3 Å². The molecule has 29 heavy (non-hydrogen) atoms. The zero-order valence-corrected chi connectivity index (χ0v) is 16.9. The summed E-state index contributed by atoms with van der Waals surface area (Å²) in [5.74, 6) is -0.779. The zero-order chi connectivity index (χ0) is 20.2. The molecule has 154 valence electrons. The minimum Gasteiger partial charge on any atom is -0.335 e. The van der Waals surface area contributed by atoms with Crippen molar-refractivity contribution in [2.24, 2.45) is 0 Å². The lowest BCUT2D eigenvalue weighted by Gasteiger charge is -2.31. The van der Waals surface area contributed by atoms with E-state index in [-0.39, 0.29) is 22.6 Å². The van der Waals surface area contributed by atoms with Gasteiger partial charge < -0.3 is 15.5 Å². The first-order chi connectivity index (χ1) is 14.1. The van der Waals surface area contributed by atoms with Crippen LogP contribution in [-0.4, -0.2) is 46.2 Å². The molecule has 2 N–H and O–H groups in total. The molecular formula is C20H24FN5O2S. The van der Waals surface area contributed by atoms with Gasteiger partial charge in [-0.15, -0.1) is 10.2 Å². The average molecular weight is 418 g/mol. The highest BCUT2D eigenvalue weighted by atomic mass is 32.1. The third kappa shape index (κ3) is 4.72. The summed E-state index contributed by atoms with van der Waals surface area (Å²) < 4.78 is 13.7. The highest BCUT2D eigenvalue weighted by Gasteiger charge is 2.28. The Morgan fingerprint density at radius 3 is 2.52 bits per heavy atom. The molecule has 2 heterocycles. The van der Waals surface area contributed by atoms with Gasteiger partial charge in [0.15, 0.2) is 0 Å². The summed E-state index contributed by atoms with van der Waals surface area (Å²) in [6, 6.07) is 6.35. The first-order valence-electron chi connectivity index (χ1n) is 10.0. The van der Waals surface area contributed by atoms with E-state index in [1.165, 1.54) is 36.3 Å². The molecule has 1 aliphatic carbocycles. The third-order valence-electron chi connectivity index (χ3n) is 5.57. The Bertz CT molecular complexity index is 875. The number of nitrogens with zero attached hydrogens (tertiary/aromatic N) is 3. The van der Waals surface area contributed by atoms with Crippen molar-refractivity contribution in [3.8, 4) is 0 Å². The number of aromatic nitrogens is 2. The molecule has 2 aromatic rings. The van der Waals surface area contributed by atoms with Crippen LogP contribution in [0.25, 0.3) is 0 Å². The number of likely N-dealkylation sites (tertiary alicyclic amines) is 1. The maximum absolute atomic E-state index is 13.7. The Kier molecular flexibility index (Phi) is 6.03. The molecule has 9 heteroatoms. The van der Waals surface area contributed by atoms with Crippen molar-refractivity contribution in [2.45, 2.75) is 50.5 Å². The normalized spacial score (nSPS) is 18.0. The summed E-state index contributed by atoms with van der Waals surface area (Å²) in [6.07, 6.45) is 6.12. The van der Waals surface area contributed by atoms with Gasteiger partial charge in [-0.05, 0) is 37.8 Å². The van der Waals surface area contributed by atoms with Gasteiger partial charge in [-0.2, -0.15) is 0 Å². The first-order valence-corrected chi connectivity index (χ1v) is 10.9. The molecule has 1 aromatic carbocycles. The largest absolute Gasteiger partial charge is 0.335 e. The van der Waals surface area contributed by atoms with Gasteiger partial charge in [0, 0.05) is 25.0 Å². The van der Waals surface area contributed by atoms with E-state index in [2.05, 4.69) is 20.8 Å². The van der Waals surface area contributed by atoms with Crippen LogP contribution in [-0.2, 0) is 0 Å². The van der Waals surface area contributed by atoms with E-state index in [0.717, 1.165) is 30.7 Å². The van der Waals surface area contributed by atoms with Gasteiger partial charge in [-0.25, -0.2) is 9.18 Å². The summed E-state index contributed by atoms with van der Waals surface area (Å²) in [6.45, 7) is 1.33. The monoisotopic (exact) mass is 417 g/mol. The highest BCUT2D eigenvalue weighted by molar-refractivity contribution is 7.13. The van der Waals surface area contributed by atoms with Gasteiger partial charge in [0.1, 0.15) is 10.8 Å². The van der Waals surface area contributed by atoms with Crippen molar-refractivity contribution in [3.63, 3.8) is 0 Å². The van der Waals surface area contributed by atoms with Crippen LogP contribution >= 0.6 is 11.3 Å². The van der Waals surface area contributed by atoms with Gasteiger partial charge in [0.25, 0.3) is 5.91 Å². The highest BCUT2D eigenvalue weighted by Crippen LogP contribution is 2.30. The van der Waals surface area contributed by atoms with Gasteiger partial charge in [-0.3, -0.25) is 4.79 Å². The van der Waals surface area contributed by atoms with Crippen LogP contribution in [0.4, 0.5) is 14.9 Å². The zero-order valence-electron chi connectivity index (χ0n) is 16.1. The number of para-hydroxylation sites is 1. The standard InChI is InChI=1S/C20H24FN5O2S/c21-15-7-3-4-8-16(15)23-17(27)19-25-24-18(29-19)13-9-11-26(12-10-13)20(28)22-14-5-1-2-6-14/h3-4,7-8,13-14H,1-2,5-6,9-12H2,(H,22,28)(H,23,27). The van der Waals surface area contributed by atoms with Gasteiger partial charge in [-0.1, -0.05) is 36.3 Å². The fraction of sp³-hybridized carbons (Fsp3) is 0.500. The Hall–Kier alpha value is -2.55. The molecule has 1 saturated carbocycles. The van der Waals surface area contributed by atoms with Crippen molar-refractivity contribution in [1.29, 1.82) is 0 Å². The molecule has 0 radical (unpaired) electrons. The lowest BCUT2D eigenvalue weighted by atomic mass is 9.98. The van der Waals surface area contributed by atoms with Crippen LogP contribution in [0.15, 0.2) is 24.3 Å². The molecule has 2 aliphatic rings. The number of amides is 3. The second-order valence-electron chi connectivity index (χ2n) is 7.57. The fourth-order valence-corrected chi connectivity index (χ4v) is 4.80. The lowest BCUT2D eigenvalue weighted by Crippen LogP contribution is -2.47. The molecule has 2 fully saturated rings. The number of rotatable bonds is 4. The molecule has 1 aromatic heterocycles. The van der Waals surface area contributed by atoms with Crippen LogP contribution < -0.4 is 10.6 Å². The van der Waals surface area contributed by atoms with E-state index < -0.39 is 11.7 Å². The number of anilines is 1. The second kappa shape index (κ2) is 8.86. The van der Waals surface area contributed by atoms with E-state index in [1.54, 1.807) is 12.1 Å². The Balaban J connectivity index is 1.30. The van der Waals surface area contributed by atoms with Gasteiger partial charge in [0.2, 0.25) is 5.01 Å². The summed E-state index contributed by atoms with van der Waals surface area (Å²) in [7, 11) is 0. The fourth-order valence-electron chi connectivity index (χ4n) is 3.90. The van der Waals surface area contributed by atoms with Crippen molar-refractivity contribution in [2.75, 3.05) is 18.4 Å². The SMILES string of the molecule is O=C(Nc1ccccc1F)c1nnc(C2CCN(C(=O)NC3CCCC3)CC2)s1. The summed E-state index contributed by atoms with van der Waals surface area (Å²) >= 11 is 1.23. The number of hydrogen-bond donors (Lipinski definition) is 2. The topological polar surface area (TPSA) is 87.2 Å². The molecule has 1 aliphatic heterocycles. The number of nitrogens with one attached hydrogen (secondary N) is 2. The summed E-state index contributed by atoms with van der Waals surface area (Å²) in [5.41, 5.74) is 0.121. The molecular weight excluding hydrogens is 393 g/mol. The third-order valence-corrected chi connectivity index (χ3v) is 6.66. The Labute approximate surface area is 172 Å². The Morgan fingerprint density at radius 2 is 1.79 bits per heavy atom. The predicted octanol–water partition coefficient (Wildman–Crippen LogP) is 3.76. The molecule has 4 rings (SSSR count). The number of halogens is 1. The van der Waals surface area contributed by atoms with Crippen LogP contribution in [0, 0.1) is 5.82 Å². The van der Waals surface area contributed by atoms with Gasteiger partial charge >= 0.3 is 6.03 Å². The van der Waals surface area contributed by atoms with E-state index in [4.69, 9.17) is 0 Å². The number of carbonyl (C=O) groups excluding carboxylic acids is 2. The Morgan fingerprint density at radius 1 is 1.07 bits per heavy atom. The number of hydrogen-bond acceptors (Lipinski definition) is 5. The van der Waals surface area contributed by atoms with Crippen LogP contribution in [0.5, 0.6) is 0 Å². The van der Waals surface area contributed by atoms with Crippen molar-refractivity contribution < 1.29 is 14.0 Å². The molecule has 0 unspecified atom stereocenters. The van der Waals surface area contributed by atoms with Crippen molar-refractivity contribution >= 4 is 29.0 Å². The first kappa shape index (κ1) is 19.8. The molecule has 7 nitrogen and oxygen atoms in total. The second-order valence-corrected chi connectivity index (χ2v) is 8.58. The average Bonchev–Trinajstić information content (AvgIpc) is 3.42. The molecule has 0 bridgehead atoms. The van der Waals surface area contributed by atoms with Crippen LogP contribution in [0.2, 0.25) is 0 Å². The molecule has 1 saturated heterocycles. The maximum atomic E-state index is 13.7. The summed E-state index contributed by atoms with van der Waals surface area (Å²) in [4.78, 5) is 26.6. The van der Waals surface area contributed by atoms with Crippen molar-refractivity contribution in [1.82, 2.24) is 20.4 Å². The lowest BCUT2D eigenvalue weighted by molar-refractivity contribution is 0.102. The smallest absolute Gasteiger partial charge is 0.317 e. The maximum Gasteiger partial charge on any atom is 0.317 e. The van der Waals surface area contributed by atoms with Crippen LogP contribution in [0.3, 0.4) is 0 Å². The number of benzene rings is 1. The number of piperidine rings is 1.